The lowest BCUT2D eigenvalue weighted by atomic mass is 9.78. The van der Waals surface area contributed by atoms with Crippen LogP contribution in [0.1, 0.15) is 49.3 Å². The van der Waals surface area contributed by atoms with Crippen LogP contribution in [0.4, 0.5) is 0 Å². The number of phenolic OH excluding ortho intramolecular Hbond substituents is 1. The van der Waals surface area contributed by atoms with Crippen LogP contribution < -0.4 is 5.32 Å². The third-order valence-electron chi connectivity index (χ3n) is 4.34. The summed E-state index contributed by atoms with van der Waals surface area (Å²) in [5, 5.41) is 13.2. The second kappa shape index (κ2) is 4.69. The predicted molar refractivity (Wildman–Crippen MR) is 69.1 cm³/mol. The van der Waals surface area contributed by atoms with E-state index in [-0.39, 0.29) is 0 Å². The van der Waals surface area contributed by atoms with Crippen molar-refractivity contribution in [1.82, 2.24) is 5.32 Å². The Morgan fingerprint density at radius 3 is 2.76 bits per heavy atom. The highest BCUT2D eigenvalue weighted by Crippen LogP contribution is 2.38. The Bertz CT molecular complexity index is 396. The molecule has 1 aliphatic heterocycles. The van der Waals surface area contributed by atoms with Gasteiger partial charge in [-0.05, 0) is 55.0 Å². The van der Waals surface area contributed by atoms with Crippen LogP contribution in [-0.2, 0) is 6.42 Å². The highest BCUT2D eigenvalue weighted by Gasteiger charge is 2.28. The van der Waals surface area contributed by atoms with Gasteiger partial charge in [-0.25, -0.2) is 0 Å². The van der Waals surface area contributed by atoms with Gasteiger partial charge in [0.2, 0.25) is 0 Å². The quantitative estimate of drug-likeness (QED) is 0.778. The van der Waals surface area contributed by atoms with Crippen molar-refractivity contribution < 1.29 is 5.11 Å². The van der Waals surface area contributed by atoms with Gasteiger partial charge in [-0.15, -0.1) is 0 Å². The Morgan fingerprint density at radius 1 is 1.12 bits per heavy atom. The molecule has 2 N–H and O–H groups in total. The molecule has 2 nitrogen and oxygen atoms in total. The molecule has 1 aromatic rings. The molecule has 1 unspecified atom stereocenters. The normalized spacial score (nSPS) is 25.5. The summed E-state index contributed by atoms with van der Waals surface area (Å²) >= 11 is 0. The van der Waals surface area contributed by atoms with Gasteiger partial charge < -0.3 is 10.4 Å². The molecule has 3 rings (SSSR count). The van der Waals surface area contributed by atoms with Crippen LogP contribution in [0.5, 0.6) is 5.75 Å². The van der Waals surface area contributed by atoms with Crippen LogP contribution in [-0.4, -0.2) is 11.7 Å². The van der Waals surface area contributed by atoms with Gasteiger partial charge in [0.15, 0.2) is 0 Å². The van der Waals surface area contributed by atoms with Crippen molar-refractivity contribution in [1.29, 1.82) is 0 Å². The number of benzene rings is 1. The molecule has 1 aliphatic carbocycles. The number of phenols is 1. The third-order valence-corrected chi connectivity index (χ3v) is 4.34. The largest absolute Gasteiger partial charge is 0.508 e. The lowest BCUT2D eigenvalue weighted by Gasteiger charge is -2.35. The van der Waals surface area contributed by atoms with Crippen molar-refractivity contribution in [3.05, 3.63) is 29.3 Å². The lowest BCUT2D eigenvalue weighted by Crippen LogP contribution is -2.35. The fourth-order valence-corrected chi connectivity index (χ4v) is 3.47. The number of hydrogen-bond donors (Lipinski definition) is 2. The maximum atomic E-state index is 9.56. The van der Waals surface area contributed by atoms with Crippen LogP contribution in [0.25, 0.3) is 0 Å². The molecule has 0 amide bonds. The van der Waals surface area contributed by atoms with Crippen molar-refractivity contribution in [2.45, 2.75) is 44.6 Å². The minimum Gasteiger partial charge on any atom is -0.508 e. The van der Waals surface area contributed by atoms with Gasteiger partial charge in [-0.1, -0.05) is 25.3 Å². The molecule has 0 bridgehead atoms. The summed E-state index contributed by atoms with van der Waals surface area (Å²) < 4.78 is 0. The molecule has 92 valence electrons. The summed E-state index contributed by atoms with van der Waals surface area (Å²) in [7, 11) is 0. The van der Waals surface area contributed by atoms with E-state index in [0.29, 0.717) is 11.8 Å². The Hall–Kier alpha value is -1.02. The first kappa shape index (κ1) is 11.1. The van der Waals surface area contributed by atoms with Gasteiger partial charge in [0.25, 0.3) is 0 Å². The maximum Gasteiger partial charge on any atom is 0.115 e. The summed E-state index contributed by atoms with van der Waals surface area (Å²) in [5.74, 6) is 1.21. The SMILES string of the molecule is Oc1ccc2c(c1)CCNC2C1CCCCC1. The van der Waals surface area contributed by atoms with E-state index in [0.717, 1.165) is 18.9 Å². The second-order valence-electron chi connectivity index (χ2n) is 5.46. The first-order chi connectivity index (χ1) is 8.34. The predicted octanol–water partition coefficient (Wildman–Crippen LogP) is 3.16. The minimum atomic E-state index is 0.410. The highest BCUT2D eigenvalue weighted by molar-refractivity contribution is 5.38. The number of fused-ring (bicyclic) bond motifs is 1. The molecule has 0 saturated heterocycles. The average molecular weight is 231 g/mol. The van der Waals surface area contributed by atoms with Crippen LogP contribution in [0.2, 0.25) is 0 Å². The summed E-state index contributed by atoms with van der Waals surface area (Å²) in [4.78, 5) is 0. The molecular weight excluding hydrogens is 210 g/mol. The average Bonchev–Trinajstić information content (AvgIpc) is 2.39. The zero-order valence-corrected chi connectivity index (χ0v) is 10.3. The molecule has 0 spiro atoms. The fourth-order valence-electron chi connectivity index (χ4n) is 3.47. The van der Waals surface area contributed by atoms with Gasteiger partial charge in [0.05, 0.1) is 0 Å². The van der Waals surface area contributed by atoms with Crippen LogP contribution in [0.3, 0.4) is 0 Å². The van der Waals surface area contributed by atoms with Gasteiger partial charge in [0.1, 0.15) is 5.75 Å². The Balaban J connectivity index is 1.88. The summed E-state index contributed by atoms with van der Waals surface area (Å²) in [5.41, 5.74) is 2.78. The van der Waals surface area contributed by atoms with Crippen LogP contribution in [0.15, 0.2) is 18.2 Å². The van der Waals surface area contributed by atoms with E-state index in [4.69, 9.17) is 0 Å². The van der Waals surface area contributed by atoms with Crippen LogP contribution in [0, 0.1) is 5.92 Å². The van der Waals surface area contributed by atoms with Crippen LogP contribution >= 0.6 is 0 Å². The number of aromatic hydroxyl groups is 1. The zero-order valence-electron chi connectivity index (χ0n) is 10.3. The van der Waals surface area contributed by atoms with Gasteiger partial charge in [0, 0.05) is 6.04 Å². The van der Waals surface area contributed by atoms with E-state index in [1.807, 2.05) is 12.1 Å². The van der Waals surface area contributed by atoms with E-state index in [9.17, 15) is 5.11 Å². The summed E-state index contributed by atoms with van der Waals surface area (Å²) in [6.45, 7) is 1.05. The Morgan fingerprint density at radius 2 is 1.94 bits per heavy atom. The first-order valence-corrected chi connectivity index (χ1v) is 6.90. The third kappa shape index (κ3) is 2.19. The minimum absolute atomic E-state index is 0.410. The maximum absolute atomic E-state index is 9.56. The molecular formula is C15H21NO. The molecule has 1 aromatic carbocycles. The smallest absolute Gasteiger partial charge is 0.115 e. The monoisotopic (exact) mass is 231 g/mol. The number of nitrogens with one attached hydrogen (secondary N) is 1. The second-order valence-corrected chi connectivity index (χ2v) is 5.46. The summed E-state index contributed by atoms with van der Waals surface area (Å²) in [6.07, 6.45) is 7.95. The van der Waals surface area contributed by atoms with E-state index in [2.05, 4.69) is 11.4 Å². The molecule has 0 radical (unpaired) electrons. The van der Waals surface area contributed by atoms with E-state index < -0.39 is 0 Å². The topological polar surface area (TPSA) is 32.3 Å². The highest BCUT2D eigenvalue weighted by atomic mass is 16.3. The lowest BCUT2D eigenvalue weighted by molar-refractivity contribution is 0.264. The molecule has 0 aromatic heterocycles. The van der Waals surface area contributed by atoms with E-state index in [1.54, 1.807) is 0 Å². The Kier molecular flexibility index (Phi) is 3.06. The van der Waals surface area contributed by atoms with Crippen molar-refractivity contribution in [3.8, 4) is 5.75 Å². The van der Waals surface area contributed by atoms with Crippen molar-refractivity contribution in [2.75, 3.05) is 6.54 Å². The van der Waals surface area contributed by atoms with E-state index >= 15 is 0 Å². The van der Waals surface area contributed by atoms with Gasteiger partial charge in [-0.3, -0.25) is 0 Å². The molecule has 17 heavy (non-hydrogen) atoms. The zero-order chi connectivity index (χ0) is 11.7. The van der Waals surface area contributed by atoms with Crippen molar-refractivity contribution in [3.63, 3.8) is 0 Å². The summed E-state index contributed by atoms with van der Waals surface area (Å²) in [6, 6.07) is 6.43. The number of rotatable bonds is 1. The van der Waals surface area contributed by atoms with E-state index in [1.165, 1.54) is 43.2 Å². The molecule has 2 heteroatoms. The first-order valence-electron chi connectivity index (χ1n) is 6.90. The number of hydrogen-bond acceptors (Lipinski definition) is 2. The molecule has 1 atom stereocenters. The molecule has 1 fully saturated rings. The van der Waals surface area contributed by atoms with Gasteiger partial charge in [-0.2, -0.15) is 0 Å². The molecule has 1 heterocycles. The van der Waals surface area contributed by atoms with Crippen molar-refractivity contribution in [2.24, 2.45) is 5.92 Å². The molecule has 2 aliphatic rings. The molecule has 1 saturated carbocycles. The van der Waals surface area contributed by atoms with Crippen molar-refractivity contribution >= 4 is 0 Å². The fraction of sp³-hybridized carbons (Fsp3) is 0.600. The Labute approximate surface area is 103 Å². The standard InChI is InChI=1S/C15H21NO/c17-13-6-7-14-12(10-13)8-9-16-15(14)11-4-2-1-3-5-11/h6-7,10-11,15-17H,1-5,8-9H2. The van der Waals surface area contributed by atoms with Gasteiger partial charge >= 0.3 is 0 Å².